The highest BCUT2D eigenvalue weighted by Crippen LogP contribution is 2.49. The smallest absolute Gasteiger partial charge is 0.330 e. The van der Waals surface area contributed by atoms with Crippen molar-refractivity contribution in [1.82, 2.24) is 14.8 Å². The Kier molecular flexibility index (Phi) is 4.41. The first-order valence-electron chi connectivity index (χ1n) is 9.06. The van der Waals surface area contributed by atoms with E-state index in [-0.39, 0.29) is 0 Å². The molecule has 9 nitrogen and oxygen atoms in total. The number of hydrogen-bond acceptors (Lipinski definition) is 6. The van der Waals surface area contributed by atoms with Gasteiger partial charge in [0, 0.05) is 5.75 Å². The molecule has 3 aliphatic rings. The lowest BCUT2D eigenvalue weighted by Gasteiger charge is -2.56. The van der Waals surface area contributed by atoms with Crippen LogP contribution in [0.5, 0.6) is 0 Å². The first-order valence-corrected chi connectivity index (χ1v) is 10.1. The van der Waals surface area contributed by atoms with Crippen LogP contribution in [0.15, 0.2) is 47.8 Å². The number of amides is 2. The van der Waals surface area contributed by atoms with Crippen LogP contribution in [0.4, 0.5) is 0 Å². The van der Waals surface area contributed by atoms with Gasteiger partial charge in [-0.15, -0.1) is 16.7 Å². The third-order valence-electron chi connectivity index (χ3n) is 5.74. The van der Waals surface area contributed by atoms with Crippen LogP contribution < -0.4 is 0 Å². The highest BCUT2D eigenvalue weighted by molar-refractivity contribution is 8.00. The number of carboxylic acids is 1. The molecule has 0 aromatic heterocycles. The molecule has 0 saturated carbocycles. The predicted octanol–water partition coefficient (Wildman–Crippen LogP) is 1.58. The monoisotopic (exact) mass is 416 g/mol. The summed E-state index contributed by atoms with van der Waals surface area (Å²) < 4.78 is 0. The van der Waals surface area contributed by atoms with Gasteiger partial charge in [0.1, 0.15) is 17.1 Å². The second-order valence-corrected chi connectivity index (χ2v) is 8.84. The van der Waals surface area contributed by atoms with E-state index in [9.17, 15) is 24.4 Å². The number of aliphatic carboxylic acids is 1. The lowest BCUT2D eigenvalue weighted by Crippen LogP contribution is -2.76. The highest BCUT2D eigenvalue weighted by atomic mass is 32.2. The molecule has 4 rings (SSSR count). The normalized spacial score (nSPS) is 30.8. The van der Waals surface area contributed by atoms with Crippen LogP contribution in [0.25, 0.3) is 0 Å². The molecule has 1 N–H and O–H groups in total. The lowest BCUT2D eigenvalue weighted by atomic mass is 9.95. The van der Waals surface area contributed by atoms with Gasteiger partial charge in [0.05, 0.1) is 5.29 Å². The quantitative estimate of drug-likeness (QED) is 0.451. The standard InChI is InChI=1S/C19H20N4O5S/c1-10-9-29-17-14(15(24)21(17)12(10)18(26)27)22-16(25)13(11-7-5-4-6-8-11)23(20-28)19(22,2)3/h4-8,12-14,17H,1,9H2,2-3H3,(H,26,27)/t12?,13?,14?,17-/m0/s1. The SMILES string of the molecule is C=C1CS[C@H]2C(N3C(=O)C(c4ccccc4)N(N=O)C3(C)C)C(=O)N2C1C(=O)O. The molecule has 1 aromatic carbocycles. The van der Waals surface area contributed by atoms with Crippen molar-refractivity contribution in [3.8, 4) is 0 Å². The summed E-state index contributed by atoms with van der Waals surface area (Å²) in [5.41, 5.74) is -0.111. The van der Waals surface area contributed by atoms with Crippen LogP contribution >= 0.6 is 11.8 Å². The van der Waals surface area contributed by atoms with E-state index < -0.39 is 46.9 Å². The summed E-state index contributed by atoms with van der Waals surface area (Å²) in [5.74, 6) is -1.63. The second-order valence-electron chi connectivity index (χ2n) is 7.73. The van der Waals surface area contributed by atoms with E-state index >= 15 is 0 Å². The summed E-state index contributed by atoms with van der Waals surface area (Å²) >= 11 is 1.37. The summed E-state index contributed by atoms with van der Waals surface area (Å²) in [4.78, 5) is 52.4. The van der Waals surface area contributed by atoms with Crippen LogP contribution in [-0.4, -0.2) is 66.6 Å². The van der Waals surface area contributed by atoms with Crippen molar-refractivity contribution in [2.75, 3.05) is 5.75 Å². The Balaban J connectivity index is 1.71. The van der Waals surface area contributed by atoms with Crippen LogP contribution in [0, 0.1) is 4.91 Å². The number of fused-ring (bicyclic) bond motifs is 1. The van der Waals surface area contributed by atoms with Gasteiger partial charge in [0.25, 0.3) is 11.8 Å². The molecular weight excluding hydrogens is 396 g/mol. The molecule has 3 aliphatic heterocycles. The van der Waals surface area contributed by atoms with E-state index in [1.807, 2.05) is 0 Å². The number of β-lactam (4-membered cyclic amide) rings is 1. The molecule has 3 unspecified atom stereocenters. The number of carbonyl (C=O) groups is 3. The summed E-state index contributed by atoms with van der Waals surface area (Å²) in [6.07, 6.45) is 0. The van der Waals surface area contributed by atoms with Crippen molar-refractivity contribution in [3.05, 3.63) is 53.0 Å². The maximum atomic E-state index is 13.4. The van der Waals surface area contributed by atoms with Gasteiger partial charge < -0.3 is 14.9 Å². The minimum absolute atomic E-state index is 0.377. The van der Waals surface area contributed by atoms with Crippen LogP contribution in [0.3, 0.4) is 0 Å². The fourth-order valence-electron chi connectivity index (χ4n) is 4.39. The van der Waals surface area contributed by atoms with Gasteiger partial charge in [0.15, 0.2) is 12.1 Å². The zero-order valence-electron chi connectivity index (χ0n) is 15.9. The Bertz CT molecular complexity index is 920. The van der Waals surface area contributed by atoms with E-state index in [1.165, 1.54) is 26.6 Å². The molecular formula is C19H20N4O5S. The molecule has 4 atom stereocenters. The Morgan fingerprint density at radius 1 is 1.24 bits per heavy atom. The number of nitroso groups, excluding NO2 is 1. The number of nitrogens with zero attached hydrogens (tertiary/aromatic N) is 4. The molecule has 3 heterocycles. The number of hydrogen-bond donors (Lipinski definition) is 1. The third-order valence-corrected chi connectivity index (χ3v) is 7.10. The molecule has 2 amide bonds. The Morgan fingerprint density at radius 2 is 1.90 bits per heavy atom. The summed E-state index contributed by atoms with van der Waals surface area (Å²) in [7, 11) is 0. The molecule has 29 heavy (non-hydrogen) atoms. The van der Waals surface area contributed by atoms with Crippen LogP contribution in [-0.2, 0) is 14.4 Å². The average Bonchev–Trinajstić information content (AvgIpc) is 2.88. The van der Waals surface area contributed by atoms with Crippen LogP contribution in [0.1, 0.15) is 25.5 Å². The summed E-state index contributed by atoms with van der Waals surface area (Å²) in [6.45, 7) is 7.09. The van der Waals surface area contributed by atoms with Gasteiger partial charge in [-0.05, 0) is 25.0 Å². The Labute approximate surface area is 171 Å². The minimum atomic E-state index is -1.15. The number of benzene rings is 1. The topological polar surface area (TPSA) is 111 Å². The van der Waals surface area contributed by atoms with E-state index in [0.717, 1.165) is 0 Å². The van der Waals surface area contributed by atoms with Crippen molar-refractivity contribution >= 4 is 29.5 Å². The molecule has 3 fully saturated rings. The lowest BCUT2D eigenvalue weighted by molar-refractivity contribution is -0.172. The Hall–Kier alpha value is -2.88. The van der Waals surface area contributed by atoms with Gasteiger partial charge in [-0.1, -0.05) is 36.9 Å². The zero-order valence-corrected chi connectivity index (χ0v) is 16.7. The Morgan fingerprint density at radius 3 is 2.48 bits per heavy atom. The van der Waals surface area contributed by atoms with Crippen molar-refractivity contribution in [2.24, 2.45) is 5.29 Å². The first-order chi connectivity index (χ1) is 13.7. The van der Waals surface area contributed by atoms with Crippen LogP contribution in [0.2, 0.25) is 0 Å². The fourth-order valence-corrected chi connectivity index (χ4v) is 5.74. The molecule has 0 bridgehead atoms. The number of rotatable bonds is 4. The third kappa shape index (κ3) is 2.58. The van der Waals surface area contributed by atoms with Gasteiger partial charge in [-0.2, -0.15) is 0 Å². The molecule has 0 radical (unpaired) electrons. The minimum Gasteiger partial charge on any atom is -0.479 e. The number of carbonyl (C=O) groups excluding carboxylic acids is 2. The fraction of sp³-hybridized carbons (Fsp3) is 0.421. The van der Waals surface area contributed by atoms with Gasteiger partial charge in [0.2, 0.25) is 0 Å². The average molecular weight is 416 g/mol. The van der Waals surface area contributed by atoms with Gasteiger partial charge in [-0.25, -0.2) is 9.80 Å². The molecule has 152 valence electrons. The van der Waals surface area contributed by atoms with E-state index in [4.69, 9.17) is 0 Å². The van der Waals surface area contributed by atoms with Crippen molar-refractivity contribution in [3.63, 3.8) is 0 Å². The molecule has 3 saturated heterocycles. The zero-order chi connectivity index (χ0) is 21.1. The van der Waals surface area contributed by atoms with Crippen molar-refractivity contribution < 1.29 is 19.5 Å². The summed E-state index contributed by atoms with van der Waals surface area (Å²) in [5, 5.41) is 13.3. The highest BCUT2D eigenvalue weighted by Gasteiger charge is 2.65. The predicted molar refractivity (Wildman–Crippen MR) is 105 cm³/mol. The molecule has 1 aromatic rings. The second kappa shape index (κ2) is 6.58. The molecule has 0 aliphatic carbocycles. The van der Waals surface area contributed by atoms with E-state index in [2.05, 4.69) is 11.9 Å². The largest absolute Gasteiger partial charge is 0.479 e. The van der Waals surface area contributed by atoms with E-state index in [1.54, 1.807) is 44.2 Å². The maximum absolute atomic E-state index is 13.4. The number of thioether (sulfide) groups is 1. The van der Waals surface area contributed by atoms with Crippen molar-refractivity contribution in [2.45, 2.75) is 43.0 Å². The molecule has 0 spiro atoms. The van der Waals surface area contributed by atoms with E-state index in [0.29, 0.717) is 16.9 Å². The first kappa shape index (κ1) is 19.4. The summed E-state index contributed by atoms with van der Waals surface area (Å²) in [6, 6.07) is 5.88. The molecule has 10 heteroatoms. The van der Waals surface area contributed by atoms with Gasteiger partial charge >= 0.3 is 5.97 Å². The van der Waals surface area contributed by atoms with Crippen molar-refractivity contribution in [1.29, 1.82) is 0 Å². The maximum Gasteiger partial charge on any atom is 0.330 e. The number of carboxylic acid groups (broad SMARTS) is 1. The van der Waals surface area contributed by atoms with Gasteiger partial charge in [-0.3, -0.25) is 9.59 Å².